The first-order chi connectivity index (χ1) is 10.1. The van der Waals surface area contributed by atoms with Crippen molar-refractivity contribution in [3.8, 4) is 0 Å². The number of aromatic nitrogens is 1. The Labute approximate surface area is 122 Å². The lowest BCUT2D eigenvalue weighted by atomic mass is 10.1. The average Bonchev–Trinajstić information content (AvgIpc) is 2.53. The molecule has 1 heterocycles. The molecule has 6 heteroatoms. The number of amidine groups is 1. The van der Waals surface area contributed by atoms with E-state index in [4.69, 9.17) is 10.9 Å². The van der Waals surface area contributed by atoms with Crippen molar-refractivity contribution >= 4 is 11.7 Å². The van der Waals surface area contributed by atoms with Crippen LogP contribution in [0.4, 0.5) is 0 Å². The summed E-state index contributed by atoms with van der Waals surface area (Å²) in [7, 11) is 0. The van der Waals surface area contributed by atoms with Crippen molar-refractivity contribution in [2.24, 2.45) is 10.9 Å². The molecular formula is C15H16N4O2. The Morgan fingerprint density at radius 1 is 1.33 bits per heavy atom. The van der Waals surface area contributed by atoms with Gasteiger partial charge in [0.1, 0.15) is 0 Å². The molecule has 1 aromatic heterocycles. The van der Waals surface area contributed by atoms with Gasteiger partial charge in [-0.2, -0.15) is 0 Å². The third-order valence-electron chi connectivity index (χ3n) is 2.95. The molecule has 0 saturated carbocycles. The monoisotopic (exact) mass is 284 g/mol. The quantitative estimate of drug-likeness (QED) is 0.342. The van der Waals surface area contributed by atoms with Crippen molar-refractivity contribution in [1.82, 2.24) is 10.3 Å². The lowest BCUT2D eigenvalue weighted by Crippen LogP contribution is -2.23. The summed E-state index contributed by atoms with van der Waals surface area (Å²) in [5.74, 6) is -0.268. The van der Waals surface area contributed by atoms with Crippen molar-refractivity contribution in [2.75, 3.05) is 0 Å². The topological polar surface area (TPSA) is 101 Å². The van der Waals surface area contributed by atoms with Gasteiger partial charge >= 0.3 is 0 Å². The molecule has 1 aromatic carbocycles. The summed E-state index contributed by atoms with van der Waals surface area (Å²) in [6, 6.07) is 10.4. The molecular weight excluding hydrogens is 268 g/mol. The number of hydrogen-bond donors (Lipinski definition) is 3. The maximum atomic E-state index is 12.1. The van der Waals surface area contributed by atoms with Gasteiger partial charge in [0.2, 0.25) is 0 Å². The van der Waals surface area contributed by atoms with Crippen LogP contribution in [0.25, 0.3) is 0 Å². The van der Waals surface area contributed by atoms with E-state index in [0.29, 0.717) is 17.7 Å². The molecule has 0 unspecified atom stereocenters. The number of rotatable bonds is 4. The van der Waals surface area contributed by atoms with Crippen LogP contribution in [0.5, 0.6) is 0 Å². The Morgan fingerprint density at radius 3 is 2.76 bits per heavy atom. The summed E-state index contributed by atoms with van der Waals surface area (Å²) in [6.07, 6.45) is 1.72. The largest absolute Gasteiger partial charge is 0.409 e. The van der Waals surface area contributed by atoms with E-state index in [1.165, 1.54) is 0 Å². The van der Waals surface area contributed by atoms with Gasteiger partial charge < -0.3 is 16.3 Å². The SMILES string of the molecule is Cc1ccc(CNC(=O)c2cccc(C(N)=NO)c2)cn1. The normalized spacial score (nSPS) is 11.2. The first kappa shape index (κ1) is 14.5. The first-order valence-corrected chi connectivity index (χ1v) is 6.38. The molecule has 6 nitrogen and oxygen atoms in total. The maximum Gasteiger partial charge on any atom is 0.251 e. The zero-order chi connectivity index (χ0) is 15.2. The van der Waals surface area contributed by atoms with Crippen LogP contribution in [0.2, 0.25) is 0 Å². The molecule has 2 aromatic rings. The fraction of sp³-hybridized carbons (Fsp3) is 0.133. The highest BCUT2D eigenvalue weighted by molar-refractivity contribution is 6.01. The van der Waals surface area contributed by atoms with Crippen LogP contribution in [0.3, 0.4) is 0 Å². The van der Waals surface area contributed by atoms with Gasteiger partial charge in [0.25, 0.3) is 5.91 Å². The van der Waals surface area contributed by atoms with Crippen LogP contribution >= 0.6 is 0 Å². The molecule has 21 heavy (non-hydrogen) atoms. The van der Waals surface area contributed by atoms with E-state index in [1.807, 2.05) is 19.1 Å². The summed E-state index contributed by atoms with van der Waals surface area (Å²) in [6.45, 7) is 2.29. The third kappa shape index (κ3) is 3.79. The predicted molar refractivity (Wildman–Crippen MR) is 79.1 cm³/mol. The minimum atomic E-state index is -0.233. The van der Waals surface area contributed by atoms with Crippen molar-refractivity contribution in [2.45, 2.75) is 13.5 Å². The number of aryl methyl sites for hydroxylation is 1. The lowest BCUT2D eigenvalue weighted by molar-refractivity contribution is 0.0951. The summed E-state index contributed by atoms with van der Waals surface area (Å²) >= 11 is 0. The molecule has 0 spiro atoms. The number of pyridine rings is 1. The number of oxime groups is 1. The average molecular weight is 284 g/mol. The minimum Gasteiger partial charge on any atom is -0.409 e. The molecule has 0 atom stereocenters. The summed E-state index contributed by atoms with van der Waals surface area (Å²) in [4.78, 5) is 16.2. The standard InChI is InChI=1S/C15H16N4O2/c1-10-5-6-11(8-17-10)9-18-15(20)13-4-2-3-12(7-13)14(16)19-21/h2-8,21H,9H2,1H3,(H2,16,19)(H,18,20). The number of nitrogens with one attached hydrogen (secondary N) is 1. The van der Waals surface area contributed by atoms with Gasteiger partial charge in [0.15, 0.2) is 5.84 Å². The Balaban J connectivity index is 2.05. The van der Waals surface area contributed by atoms with Crippen LogP contribution in [0.15, 0.2) is 47.8 Å². The molecule has 2 rings (SSSR count). The minimum absolute atomic E-state index is 0.0348. The molecule has 0 bridgehead atoms. The van der Waals surface area contributed by atoms with Gasteiger partial charge in [-0.05, 0) is 30.7 Å². The van der Waals surface area contributed by atoms with Crippen LogP contribution in [0, 0.1) is 6.92 Å². The van der Waals surface area contributed by atoms with E-state index in [2.05, 4.69) is 15.5 Å². The Kier molecular flexibility index (Phi) is 4.50. The van der Waals surface area contributed by atoms with Crippen molar-refractivity contribution in [1.29, 1.82) is 0 Å². The van der Waals surface area contributed by atoms with Crippen LogP contribution in [-0.4, -0.2) is 21.9 Å². The molecule has 0 saturated heterocycles. The van der Waals surface area contributed by atoms with Crippen LogP contribution in [-0.2, 0) is 6.54 Å². The van der Waals surface area contributed by atoms with E-state index in [-0.39, 0.29) is 11.7 Å². The van der Waals surface area contributed by atoms with E-state index >= 15 is 0 Å². The van der Waals surface area contributed by atoms with Crippen molar-refractivity contribution in [3.63, 3.8) is 0 Å². The number of carbonyl (C=O) groups is 1. The maximum absolute atomic E-state index is 12.1. The molecule has 1 amide bonds. The van der Waals surface area contributed by atoms with Gasteiger partial charge in [-0.1, -0.05) is 23.4 Å². The Morgan fingerprint density at radius 2 is 2.10 bits per heavy atom. The molecule has 0 aliphatic rings. The van der Waals surface area contributed by atoms with E-state index < -0.39 is 0 Å². The molecule has 0 aliphatic carbocycles. The molecule has 4 N–H and O–H groups in total. The van der Waals surface area contributed by atoms with Gasteiger partial charge in [-0.15, -0.1) is 0 Å². The second kappa shape index (κ2) is 6.51. The van der Waals surface area contributed by atoms with Crippen molar-refractivity contribution < 1.29 is 10.0 Å². The zero-order valence-corrected chi connectivity index (χ0v) is 11.6. The number of benzene rings is 1. The Hall–Kier alpha value is -2.89. The van der Waals surface area contributed by atoms with Gasteiger partial charge in [-0.25, -0.2) is 0 Å². The number of nitrogens with two attached hydrogens (primary N) is 1. The van der Waals surface area contributed by atoms with Crippen LogP contribution < -0.4 is 11.1 Å². The number of carbonyl (C=O) groups excluding carboxylic acids is 1. The van der Waals surface area contributed by atoms with E-state index in [1.54, 1.807) is 30.5 Å². The zero-order valence-electron chi connectivity index (χ0n) is 11.6. The summed E-state index contributed by atoms with van der Waals surface area (Å²) in [5, 5.41) is 14.4. The predicted octanol–water partition coefficient (Wildman–Crippen LogP) is 1.41. The third-order valence-corrected chi connectivity index (χ3v) is 2.95. The van der Waals surface area contributed by atoms with Crippen molar-refractivity contribution in [3.05, 3.63) is 65.0 Å². The van der Waals surface area contributed by atoms with Crippen LogP contribution in [0.1, 0.15) is 27.2 Å². The second-order valence-corrected chi connectivity index (χ2v) is 4.56. The van der Waals surface area contributed by atoms with E-state index in [9.17, 15) is 4.79 Å². The molecule has 0 aliphatic heterocycles. The number of nitrogens with zero attached hydrogens (tertiary/aromatic N) is 2. The highest BCUT2D eigenvalue weighted by Gasteiger charge is 2.08. The molecule has 0 radical (unpaired) electrons. The van der Waals surface area contributed by atoms with Gasteiger partial charge in [0, 0.05) is 29.6 Å². The number of amides is 1. The van der Waals surface area contributed by atoms with Gasteiger partial charge in [-0.3, -0.25) is 9.78 Å². The van der Waals surface area contributed by atoms with Gasteiger partial charge in [0.05, 0.1) is 0 Å². The molecule has 108 valence electrons. The Bertz CT molecular complexity index is 666. The second-order valence-electron chi connectivity index (χ2n) is 4.56. The molecule has 0 fully saturated rings. The lowest BCUT2D eigenvalue weighted by Gasteiger charge is -2.07. The smallest absolute Gasteiger partial charge is 0.251 e. The summed E-state index contributed by atoms with van der Waals surface area (Å²) < 4.78 is 0. The van der Waals surface area contributed by atoms with E-state index in [0.717, 1.165) is 11.3 Å². The fourth-order valence-corrected chi connectivity index (χ4v) is 1.76. The highest BCUT2D eigenvalue weighted by atomic mass is 16.4. The first-order valence-electron chi connectivity index (χ1n) is 6.38. The number of hydrogen-bond acceptors (Lipinski definition) is 4. The summed E-state index contributed by atoms with van der Waals surface area (Å²) in [5.41, 5.74) is 8.28. The fourth-order valence-electron chi connectivity index (χ4n) is 1.76. The highest BCUT2D eigenvalue weighted by Crippen LogP contribution is 2.06.